The van der Waals surface area contributed by atoms with Crippen molar-refractivity contribution < 1.29 is 34.8 Å². The number of hydrogen-bond acceptors (Lipinski definition) is 4. The van der Waals surface area contributed by atoms with Crippen molar-refractivity contribution in [1.82, 2.24) is 0 Å². The standard InChI is InChI=1S/C38H34N6.2ClH/c1-37(2)27-13-5-7-15-29(27)43-35(37)25-21-39-31-17-9-11-19-33(31)41-23-26(24-42-34-20-12-10-18-32(34)40-22-25)36-38(3,4)28-14-6-8-16-30(28)44-36;;/h5-24,39,44H,1-4H3;2*1H/b25-21+,36-26-,40-22?,41-23?,42-24?;;. The van der Waals surface area contributed by atoms with Gasteiger partial charge in [0.1, 0.15) is 5.69 Å². The van der Waals surface area contributed by atoms with E-state index in [9.17, 15) is 0 Å². The van der Waals surface area contributed by atoms with Gasteiger partial charge in [0.25, 0.3) is 0 Å². The maximum absolute atomic E-state index is 5.03. The van der Waals surface area contributed by atoms with Crippen LogP contribution in [0.25, 0.3) is 0 Å². The molecule has 0 amide bonds. The first-order valence-corrected chi connectivity index (χ1v) is 15.0. The molecule has 0 spiro atoms. The Hall–Kier alpha value is -4.78. The summed E-state index contributed by atoms with van der Waals surface area (Å²) in [6, 6.07) is 33.2. The minimum absolute atomic E-state index is 0. The van der Waals surface area contributed by atoms with Crippen LogP contribution < -0.4 is 45.4 Å². The van der Waals surface area contributed by atoms with E-state index in [1.807, 2.05) is 73.4 Å². The van der Waals surface area contributed by atoms with E-state index in [0.717, 1.165) is 56.7 Å². The van der Waals surface area contributed by atoms with Crippen LogP contribution in [0.15, 0.2) is 130 Å². The first kappa shape index (κ1) is 32.6. The lowest BCUT2D eigenvalue weighted by Gasteiger charge is -2.21. The molecular formula is C38H36Cl2N6. The van der Waals surface area contributed by atoms with Gasteiger partial charge in [-0.2, -0.15) is 0 Å². The van der Waals surface area contributed by atoms with Gasteiger partial charge >= 0.3 is 0 Å². The molecule has 4 aromatic carbocycles. The van der Waals surface area contributed by atoms with Gasteiger partial charge in [-0.15, -0.1) is 0 Å². The number of anilines is 2. The second-order valence-electron chi connectivity index (χ2n) is 12.4. The topological polar surface area (TPSA) is 76.7 Å². The third-order valence-electron chi connectivity index (χ3n) is 8.81. The molecule has 46 heavy (non-hydrogen) atoms. The zero-order chi connectivity index (χ0) is 30.3. The molecule has 0 radical (unpaired) electrons. The Bertz CT molecular complexity index is 1980. The lowest BCUT2D eigenvalue weighted by Crippen LogP contribution is -3.00. The molecule has 0 bridgehead atoms. The number of allylic oxidation sites excluding steroid dienone is 3. The van der Waals surface area contributed by atoms with Gasteiger partial charge in [-0.1, -0.05) is 74.5 Å². The van der Waals surface area contributed by atoms with Gasteiger partial charge in [0.2, 0.25) is 17.1 Å². The van der Waals surface area contributed by atoms with E-state index in [2.05, 4.69) is 96.8 Å². The highest BCUT2D eigenvalue weighted by molar-refractivity contribution is 6.19. The number of hydrogen-bond donors (Lipinski definition) is 4. The fraction of sp³-hybridized carbons (Fsp3) is 0.158. The number of rotatable bonds is 1. The van der Waals surface area contributed by atoms with Gasteiger partial charge in [-0.3, -0.25) is 4.99 Å². The molecule has 8 heteroatoms. The summed E-state index contributed by atoms with van der Waals surface area (Å²) in [6.07, 6.45) is 7.94. The number of para-hydroxylation sites is 6. The third kappa shape index (κ3) is 5.82. The molecule has 3 aliphatic heterocycles. The molecule has 0 atom stereocenters. The first-order valence-electron chi connectivity index (χ1n) is 15.0. The van der Waals surface area contributed by atoms with Gasteiger partial charge in [0.15, 0.2) is 6.21 Å². The van der Waals surface area contributed by atoms with Crippen LogP contribution in [0.4, 0.5) is 34.1 Å². The average Bonchev–Trinajstić information content (AvgIpc) is 3.46. The number of halogens is 2. The second kappa shape index (κ2) is 12.9. The quantitative estimate of drug-likeness (QED) is 0.229. The lowest BCUT2D eigenvalue weighted by molar-refractivity contribution is -0.350. The van der Waals surface area contributed by atoms with Crippen molar-refractivity contribution in [2.45, 2.75) is 38.5 Å². The molecule has 4 N–H and O–H groups in total. The van der Waals surface area contributed by atoms with Crippen molar-refractivity contribution in [3.05, 3.63) is 131 Å². The number of nitrogens with one attached hydrogen (secondary N) is 4. The molecule has 0 unspecified atom stereocenters. The van der Waals surface area contributed by atoms with Crippen LogP contribution in [0.2, 0.25) is 0 Å². The lowest BCUT2D eigenvalue weighted by atomic mass is 9.79. The molecule has 6 nitrogen and oxygen atoms in total. The fourth-order valence-electron chi connectivity index (χ4n) is 6.35. The fourth-order valence-corrected chi connectivity index (χ4v) is 6.35. The monoisotopic (exact) mass is 646 g/mol. The Morgan fingerprint density at radius 2 is 1.22 bits per heavy atom. The maximum Gasteiger partial charge on any atom is 0.229 e. The van der Waals surface area contributed by atoms with Crippen molar-refractivity contribution in [3.63, 3.8) is 0 Å². The Morgan fingerprint density at radius 1 is 0.609 bits per heavy atom. The summed E-state index contributed by atoms with van der Waals surface area (Å²) in [5.41, 5.74) is 11.9. The second-order valence-corrected chi connectivity index (χ2v) is 12.4. The molecule has 0 fully saturated rings. The van der Waals surface area contributed by atoms with E-state index in [4.69, 9.17) is 9.98 Å². The summed E-state index contributed by atoms with van der Waals surface area (Å²) in [5, 5.41) is 7.24. The van der Waals surface area contributed by atoms with Gasteiger partial charge in [0, 0.05) is 53.1 Å². The highest BCUT2D eigenvalue weighted by atomic mass is 35.5. The predicted molar refractivity (Wildman–Crippen MR) is 183 cm³/mol. The molecule has 3 heterocycles. The number of benzene rings is 4. The van der Waals surface area contributed by atoms with E-state index < -0.39 is 0 Å². The Kier molecular flexibility index (Phi) is 9.15. The first-order chi connectivity index (χ1) is 21.3. The summed E-state index contributed by atoms with van der Waals surface area (Å²) >= 11 is 0. The summed E-state index contributed by atoms with van der Waals surface area (Å²) in [4.78, 5) is 17.3. The Morgan fingerprint density at radius 3 is 1.96 bits per heavy atom. The van der Waals surface area contributed by atoms with Crippen molar-refractivity contribution in [3.8, 4) is 0 Å². The number of fused-ring (bicyclic) bond motifs is 4. The largest absolute Gasteiger partial charge is 1.00 e. The van der Waals surface area contributed by atoms with Crippen LogP contribution in [0.5, 0.6) is 0 Å². The Balaban J connectivity index is 0.00000208. The molecule has 0 saturated carbocycles. The molecule has 3 aliphatic rings. The maximum atomic E-state index is 5.03. The van der Waals surface area contributed by atoms with Gasteiger partial charge in [0.05, 0.1) is 27.9 Å². The Labute approximate surface area is 282 Å². The summed E-state index contributed by atoms with van der Waals surface area (Å²) < 4.78 is 0. The number of aliphatic imine (C=N–C) groups is 2. The minimum Gasteiger partial charge on any atom is -1.00 e. The number of nitrogens with zero attached hydrogens (tertiary/aromatic N) is 2. The van der Waals surface area contributed by atoms with Crippen molar-refractivity contribution in [2.75, 3.05) is 10.6 Å². The molecule has 4 aromatic rings. The summed E-state index contributed by atoms with van der Waals surface area (Å²) in [6.45, 7) is 8.98. The van der Waals surface area contributed by atoms with Crippen molar-refractivity contribution in [1.29, 1.82) is 0 Å². The van der Waals surface area contributed by atoms with Crippen LogP contribution in [0.1, 0.15) is 38.8 Å². The van der Waals surface area contributed by atoms with E-state index in [1.165, 1.54) is 11.1 Å². The molecule has 0 saturated heterocycles. The predicted octanol–water partition coefficient (Wildman–Crippen LogP) is -0.306. The van der Waals surface area contributed by atoms with E-state index in [-0.39, 0.29) is 35.6 Å². The molecule has 7 rings (SSSR count). The van der Waals surface area contributed by atoms with Crippen molar-refractivity contribution in [2.24, 2.45) is 9.98 Å². The van der Waals surface area contributed by atoms with E-state index in [1.54, 1.807) is 0 Å². The van der Waals surface area contributed by atoms with E-state index >= 15 is 0 Å². The van der Waals surface area contributed by atoms with Crippen LogP contribution in [0.3, 0.4) is 0 Å². The van der Waals surface area contributed by atoms with Crippen LogP contribution in [0, 0.1) is 0 Å². The van der Waals surface area contributed by atoms with Gasteiger partial charge in [-0.05, 0) is 43.7 Å². The smallest absolute Gasteiger partial charge is 0.229 e. The van der Waals surface area contributed by atoms with Crippen LogP contribution in [-0.4, -0.2) is 24.4 Å². The van der Waals surface area contributed by atoms with Crippen LogP contribution in [-0.2, 0) is 10.8 Å². The molecular weight excluding hydrogens is 611 g/mol. The zero-order valence-electron chi connectivity index (χ0n) is 26.2. The van der Waals surface area contributed by atoms with Crippen LogP contribution >= 0.6 is 0 Å². The highest BCUT2D eigenvalue weighted by Gasteiger charge is 2.42. The SMILES string of the molecule is CC1(C)C(/C2=C/Nc3ccccc3N=C/C(=C3/Nc4ccccc4C3(C)C)C=[NH+]c3ccccc3N=C2)=[NH+]c2ccccc21.[Cl-].[Cl-]. The third-order valence-corrected chi connectivity index (χ3v) is 8.81. The van der Waals surface area contributed by atoms with Gasteiger partial charge < -0.3 is 35.4 Å². The average molecular weight is 648 g/mol. The summed E-state index contributed by atoms with van der Waals surface area (Å²) in [7, 11) is 0. The minimum atomic E-state index is -0.232. The molecule has 0 aromatic heterocycles. The molecule has 0 aliphatic carbocycles. The molecule has 232 valence electrons. The van der Waals surface area contributed by atoms with Gasteiger partial charge in [-0.25, -0.2) is 15.0 Å². The van der Waals surface area contributed by atoms with E-state index in [0.29, 0.717) is 0 Å². The normalized spacial score (nSPS) is 19.7. The summed E-state index contributed by atoms with van der Waals surface area (Å²) in [5.74, 6) is 0. The van der Waals surface area contributed by atoms with Crippen molar-refractivity contribution >= 4 is 58.5 Å². The zero-order valence-corrected chi connectivity index (χ0v) is 27.7. The highest BCUT2D eigenvalue weighted by Crippen LogP contribution is 2.44.